The van der Waals surface area contributed by atoms with Gasteiger partial charge in [0.2, 0.25) is 0 Å². The van der Waals surface area contributed by atoms with Gasteiger partial charge in [-0.1, -0.05) is 24.1 Å². The van der Waals surface area contributed by atoms with Crippen LogP contribution in [0.3, 0.4) is 0 Å². The van der Waals surface area contributed by atoms with Crippen molar-refractivity contribution < 1.29 is 0 Å². The molecule has 1 aliphatic heterocycles. The molecule has 0 nitrogen and oxygen atoms in total. The third-order valence-electron chi connectivity index (χ3n) is 2.10. The van der Waals surface area contributed by atoms with E-state index in [0.717, 1.165) is 12.8 Å². The molecule has 1 unspecified atom stereocenters. The second-order valence-corrected chi connectivity index (χ2v) is 4.16. The van der Waals surface area contributed by atoms with Crippen LogP contribution in [0.1, 0.15) is 12.0 Å². The topological polar surface area (TPSA) is 0 Å². The lowest BCUT2D eigenvalue weighted by Crippen LogP contribution is -2.07. The first kappa shape index (κ1) is 7.76. The molecule has 0 fully saturated rings. The van der Waals surface area contributed by atoms with E-state index in [-0.39, 0.29) is 0 Å². The molecule has 12 heavy (non-hydrogen) atoms. The van der Waals surface area contributed by atoms with Crippen LogP contribution in [0.25, 0.3) is 0 Å². The fraction of sp³-hybridized carbons (Fsp3) is 0.273. The summed E-state index contributed by atoms with van der Waals surface area (Å²) >= 11 is 1.82. The molecule has 0 N–H and O–H groups in total. The molecule has 0 amide bonds. The Balaban J connectivity index is 2.30. The number of hydrogen-bond donors (Lipinski definition) is 0. The number of thioether (sulfide) groups is 1. The van der Waals surface area contributed by atoms with Crippen molar-refractivity contribution in [3.05, 3.63) is 29.8 Å². The maximum Gasteiger partial charge on any atom is 0.0704 e. The molecule has 0 bridgehead atoms. The summed E-state index contributed by atoms with van der Waals surface area (Å²) in [6.45, 7) is 0. The molecule has 1 aliphatic rings. The van der Waals surface area contributed by atoms with Gasteiger partial charge in [-0.05, 0) is 24.5 Å². The highest BCUT2D eigenvalue weighted by atomic mass is 32.2. The molecule has 0 radical (unpaired) electrons. The average molecular weight is 174 g/mol. The van der Waals surface area contributed by atoms with E-state index in [2.05, 4.69) is 30.2 Å². The van der Waals surface area contributed by atoms with Gasteiger partial charge in [0.25, 0.3) is 0 Å². The Morgan fingerprint density at radius 2 is 2.25 bits per heavy atom. The summed E-state index contributed by atoms with van der Waals surface area (Å²) < 4.78 is 0. The Morgan fingerprint density at radius 3 is 3.08 bits per heavy atom. The zero-order chi connectivity index (χ0) is 8.39. The van der Waals surface area contributed by atoms with Gasteiger partial charge < -0.3 is 0 Å². The highest BCUT2D eigenvalue weighted by Crippen LogP contribution is 2.34. The molecule has 1 heteroatoms. The molecular formula is C11H10S. The first-order valence-corrected chi connectivity index (χ1v) is 4.99. The van der Waals surface area contributed by atoms with E-state index in [1.165, 1.54) is 10.5 Å². The predicted molar refractivity (Wildman–Crippen MR) is 53.2 cm³/mol. The minimum Gasteiger partial charge on any atom is -0.119 e. The molecule has 1 aromatic carbocycles. The average Bonchev–Trinajstić information content (AvgIpc) is 2.17. The van der Waals surface area contributed by atoms with E-state index in [1.807, 2.05) is 11.8 Å². The van der Waals surface area contributed by atoms with Crippen LogP contribution in [0.2, 0.25) is 0 Å². The molecule has 1 atom stereocenters. The maximum absolute atomic E-state index is 5.39. The summed E-state index contributed by atoms with van der Waals surface area (Å²) in [6.07, 6.45) is 7.65. The van der Waals surface area contributed by atoms with Crippen molar-refractivity contribution in [1.29, 1.82) is 0 Å². The first-order chi connectivity index (χ1) is 5.90. The zero-order valence-corrected chi connectivity index (χ0v) is 7.60. The van der Waals surface area contributed by atoms with Crippen molar-refractivity contribution in [3.63, 3.8) is 0 Å². The van der Waals surface area contributed by atoms with E-state index >= 15 is 0 Å². The van der Waals surface area contributed by atoms with Crippen LogP contribution in [0, 0.1) is 12.3 Å². The molecule has 1 heterocycles. The Morgan fingerprint density at radius 1 is 1.42 bits per heavy atom. The molecule has 0 aromatic heterocycles. The summed E-state index contributed by atoms with van der Waals surface area (Å²) in [4.78, 5) is 1.37. The number of rotatable bonds is 0. The molecule has 60 valence electrons. The first-order valence-electron chi connectivity index (χ1n) is 4.11. The van der Waals surface area contributed by atoms with Crippen molar-refractivity contribution in [3.8, 4) is 12.3 Å². The van der Waals surface area contributed by atoms with E-state index in [1.54, 1.807) is 0 Å². The third kappa shape index (κ3) is 1.35. The molecule has 1 aromatic rings. The largest absolute Gasteiger partial charge is 0.119 e. The van der Waals surface area contributed by atoms with Gasteiger partial charge in [-0.15, -0.1) is 18.2 Å². The standard InChI is InChI=1S/C11H10S/c1-2-10-8-7-9-5-3-4-6-11(9)12-10/h1,3-6,10H,7-8H2. The van der Waals surface area contributed by atoms with Gasteiger partial charge in [0.05, 0.1) is 5.25 Å². The minimum atomic E-state index is 0.389. The van der Waals surface area contributed by atoms with Gasteiger partial charge in [0.1, 0.15) is 0 Å². The molecule has 0 aliphatic carbocycles. The lowest BCUT2D eigenvalue weighted by molar-refractivity contribution is 0.833. The van der Waals surface area contributed by atoms with Crippen LogP contribution >= 0.6 is 11.8 Å². The summed E-state index contributed by atoms with van der Waals surface area (Å²) in [5.41, 5.74) is 1.45. The fourth-order valence-corrected chi connectivity index (χ4v) is 2.53. The quantitative estimate of drug-likeness (QED) is 0.545. The van der Waals surface area contributed by atoms with Gasteiger partial charge in [-0.25, -0.2) is 0 Å². The van der Waals surface area contributed by atoms with Gasteiger partial charge in [0.15, 0.2) is 0 Å². The summed E-state index contributed by atoms with van der Waals surface area (Å²) in [6, 6.07) is 8.51. The van der Waals surface area contributed by atoms with Crippen LogP contribution in [-0.4, -0.2) is 5.25 Å². The van der Waals surface area contributed by atoms with Crippen LogP contribution in [-0.2, 0) is 6.42 Å². The van der Waals surface area contributed by atoms with Crippen LogP contribution < -0.4 is 0 Å². The Bertz CT molecular complexity index is 322. The van der Waals surface area contributed by atoms with E-state index in [0.29, 0.717) is 5.25 Å². The number of benzene rings is 1. The summed E-state index contributed by atoms with van der Waals surface area (Å²) in [5.74, 6) is 2.81. The summed E-state index contributed by atoms with van der Waals surface area (Å²) in [7, 11) is 0. The van der Waals surface area contributed by atoms with Gasteiger partial charge in [-0.2, -0.15) is 0 Å². The second kappa shape index (κ2) is 3.25. The Labute approximate surface area is 77.4 Å². The van der Waals surface area contributed by atoms with Gasteiger partial charge in [0, 0.05) is 4.90 Å². The van der Waals surface area contributed by atoms with Crippen molar-refractivity contribution in [1.82, 2.24) is 0 Å². The van der Waals surface area contributed by atoms with Gasteiger partial charge in [-0.3, -0.25) is 0 Å². The van der Waals surface area contributed by atoms with Crippen molar-refractivity contribution in [2.75, 3.05) is 0 Å². The normalized spacial score (nSPS) is 21.1. The Hall–Kier alpha value is -0.870. The third-order valence-corrected chi connectivity index (χ3v) is 3.41. The molecule has 0 saturated heterocycles. The number of fused-ring (bicyclic) bond motifs is 1. The molecule has 0 saturated carbocycles. The number of aryl methyl sites for hydroxylation is 1. The smallest absolute Gasteiger partial charge is 0.0704 e. The van der Waals surface area contributed by atoms with E-state index in [9.17, 15) is 0 Å². The van der Waals surface area contributed by atoms with Crippen molar-refractivity contribution in [2.45, 2.75) is 23.0 Å². The number of terminal acetylenes is 1. The van der Waals surface area contributed by atoms with Crippen molar-refractivity contribution >= 4 is 11.8 Å². The minimum absolute atomic E-state index is 0.389. The molecular weight excluding hydrogens is 164 g/mol. The predicted octanol–water partition coefficient (Wildman–Crippen LogP) is 2.73. The molecule has 0 spiro atoms. The highest BCUT2D eigenvalue weighted by molar-refractivity contribution is 8.00. The maximum atomic E-state index is 5.39. The lowest BCUT2D eigenvalue weighted by Gasteiger charge is -2.19. The van der Waals surface area contributed by atoms with E-state index < -0.39 is 0 Å². The second-order valence-electron chi connectivity index (χ2n) is 2.92. The van der Waals surface area contributed by atoms with Crippen molar-refractivity contribution in [2.24, 2.45) is 0 Å². The van der Waals surface area contributed by atoms with Gasteiger partial charge >= 0.3 is 0 Å². The van der Waals surface area contributed by atoms with Crippen LogP contribution in [0.5, 0.6) is 0 Å². The zero-order valence-electron chi connectivity index (χ0n) is 6.79. The fourth-order valence-electron chi connectivity index (χ4n) is 1.44. The Kier molecular flexibility index (Phi) is 2.10. The lowest BCUT2D eigenvalue weighted by atomic mass is 10.1. The number of hydrogen-bond acceptors (Lipinski definition) is 1. The van der Waals surface area contributed by atoms with Crippen LogP contribution in [0.15, 0.2) is 29.2 Å². The highest BCUT2D eigenvalue weighted by Gasteiger charge is 2.15. The monoisotopic (exact) mass is 174 g/mol. The van der Waals surface area contributed by atoms with Crippen LogP contribution in [0.4, 0.5) is 0 Å². The SMILES string of the molecule is C#CC1CCc2ccccc2S1. The molecule has 2 rings (SSSR count). The van der Waals surface area contributed by atoms with E-state index in [4.69, 9.17) is 6.42 Å². The summed E-state index contributed by atoms with van der Waals surface area (Å²) in [5, 5.41) is 0.389.